The number of carboxylic acids is 2. The molecule has 6 N–H and O–H groups in total. The first kappa shape index (κ1) is 68.7. The van der Waals surface area contributed by atoms with E-state index in [0.717, 1.165) is 24.9 Å². The fraction of sp³-hybridized carbons (Fsp3) is 0.383. The smallest absolute Gasteiger partial charge is 0.389 e. The Balaban J connectivity index is 0.000000297. The van der Waals surface area contributed by atoms with Crippen molar-refractivity contribution in [1.29, 1.82) is 0 Å². The van der Waals surface area contributed by atoms with Gasteiger partial charge in [-0.3, -0.25) is 25.1 Å². The molecule has 1 atom stereocenters. The fourth-order valence-electron chi connectivity index (χ4n) is 6.64. The minimum atomic E-state index is -4.45. The van der Waals surface area contributed by atoms with Crippen molar-refractivity contribution >= 4 is 104 Å². The number of urea groups is 1. The Labute approximate surface area is 479 Å². The SMILES string of the molecule is C#CCN1C(=O)COc2cc(F)c(N=c3snc4n3CC(C)(C)C4)cc21.COc1c(Cl)ccc(Cl)c1C(=O)O.COc1nc(C)nc(NC(=O)NS(=O)(=O)c2ccccc2CCC(F)(F)F)n1.C[S+](C)C.O=C(O)CNCP(=O)([O-])O. The summed E-state index contributed by atoms with van der Waals surface area (Å²) in [6.07, 6.45) is 5.89. The summed E-state index contributed by atoms with van der Waals surface area (Å²) < 4.78 is 110. The topological polar surface area (TPSA) is 339 Å². The number of halogens is 6. The van der Waals surface area contributed by atoms with E-state index in [1.807, 2.05) is 9.88 Å². The van der Waals surface area contributed by atoms with Gasteiger partial charge in [0.25, 0.3) is 15.9 Å². The summed E-state index contributed by atoms with van der Waals surface area (Å²) in [4.78, 5) is 80.0. The largest absolute Gasteiger partial charge is 0.778 e. The van der Waals surface area contributed by atoms with Gasteiger partial charge in [0.2, 0.25) is 10.7 Å². The molecule has 2 aliphatic rings. The number of ether oxygens (including phenoxy) is 3. The van der Waals surface area contributed by atoms with Gasteiger partial charge >= 0.3 is 30.2 Å². The highest BCUT2D eigenvalue weighted by molar-refractivity contribution is 7.94. The van der Waals surface area contributed by atoms with Crippen LogP contribution in [-0.2, 0) is 54.5 Å². The second-order valence-corrected chi connectivity index (χ2v) is 25.0. The van der Waals surface area contributed by atoms with E-state index in [4.69, 9.17) is 58.9 Å². The van der Waals surface area contributed by atoms with Gasteiger partial charge in [-0.05, 0) is 59.5 Å². The van der Waals surface area contributed by atoms with E-state index in [9.17, 15) is 54.6 Å². The van der Waals surface area contributed by atoms with Crippen LogP contribution in [0, 0.1) is 30.5 Å². The molecule has 5 aromatic rings. The normalized spacial score (nSPS) is 14.0. The zero-order chi connectivity index (χ0) is 61.2. The first-order chi connectivity index (χ1) is 37.6. The average molecular weight is 1260 g/mol. The van der Waals surface area contributed by atoms with Gasteiger partial charge in [0.1, 0.15) is 36.2 Å². The van der Waals surface area contributed by atoms with Crippen LogP contribution in [0.25, 0.3) is 0 Å². The van der Waals surface area contributed by atoms with Crippen LogP contribution in [0.3, 0.4) is 0 Å². The molecule has 4 heterocycles. The van der Waals surface area contributed by atoms with E-state index in [2.05, 4.69) is 68.2 Å². The standard InChI is InChI=1S/C18H17FN4O2S.C15H16F3N5O4S.C8H6Cl2O3.C3H8NO5P.C3H9S/c1-4-5-22-13-7-12(11(19)6-14(13)25-9-16(22)24)20-17-23-10-18(2,3)8-15(23)21-26-17;1-9-19-12(22-14(20-9)27-2)21-13(24)23-28(25,26)11-6-4-3-5-10(11)7-8-15(16,17)18;1-13-7-5(10)3-2-4(9)6(7)8(11)12;5-3(6)1-4-2-10(7,8)9;1-4(2)3/h1,6-7H,5,8-10H2,2-3H3;3-6H,7-8H2,1-2H3,(H2,19,20,21,22,23,24);2-3H,1H3,(H,11,12);4H,1-2H2,(H,5,6)(H2,7,8,9);1-3H3/q;;;;+1/p-1. The summed E-state index contributed by atoms with van der Waals surface area (Å²) in [5.41, 5.74) is 0.492. The number of fused-ring (bicyclic) bond motifs is 2. The number of hydrogen-bond acceptors (Lipinski definition) is 18. The Hall–Kier alpha value is -6.62. The van der Waals surface area contributed by atoms with Crippen LogP contribution in [0.4, 0.5) is 39.7 Å². The van der Waals surface area contributed by atoms with Gasteiger partial charge < -0.3 is 43.3 Å². The van der Waals surface area contributed by atoms with Crippen LogP contribution in [0.1, 0.15) is 47.8 Å². The van der Waals surface area contributed by atoms with Gasteiger partial charge in [0, 0.05) is 37.0 Å². The van der Waals surface area contributed by atoms with Gasteiger partial charge in [0.15, 0.2) is 18.2 Å². The number of amides is 3. The Morgan fingerprint density at radius 2 is 1.70 bits per heavy atom. The molecule has 0 saturated carbocycles. The molecule has 0 spiro atoms. The highest BCUT2D eigenvalue weighted by Gasteiger charge is 2.32. The number of aryl methyl sites for hydroxylation is 2. The van der Waals surface area contributed by atoms with Crippen molar-refractivity contribution in [2.24, 2.45) is 10.4 Å². The molecule has 7 rings (SSSR count). The van der Waals surface area contributed by atoms with Crippen LogP contribution < -0.4 is 44.2 Å². The Morgan fingerprint density at radius 3 is 2.27 bits per heavy atom. The number of anilines is 2. The molecular formula is C47H55Cl2F4N10O14PS3. The van der Waals surface area contributed by atoms with Crippen molar-refractivity contribution in [3.05, 3.63) is 92.0 Å². The monoisotopic (exact) mass is 1260 g/mol. The van der Waals surface area contributed by atoms with Gasteiger partial charge in [-0.25, -0.2) is 32.1 Å². The van der Waals surface area contributed by atoms with Crippen molar-refractivity contribution < 1.29 is 83.9 Å². The van der Waals surface area contributed by atoms with E-state index in [-0.39, 0.29) is 74.9 Å². The molecule has 0 radical (unpaired) electrons. The zero-order valence-electron chi connectivity index (χ0n) is 44.3. The van der Waals surface area contributed by atoms with Crippen molar-refractivity contribution in [3.63, 3.8) is 0 Å². The lowest BCUT2D eigenvalue weighted by atomic mass is 9.92. The zero-order valence-corrected chi connectivity index (χ0v) is 49.1. The maximum Gasteiger partial charge on any atom is 0.389 e. The molecular weight excluding hydrogens is 1200 g/mol. The molecule has 1 unspecified atom stereocenters. The second kappa shape index (κ2) is 30.4. The van der Waals surface area contributed by atoms with Crippen LogP contribution >= 0.6 is 42.3 Å². The number of aromatic nitrogens is 5. The molecule has 0 aliphatic carbocycles. The third-order valence-corrected chi connectivity index (χ3v) is 13.2. The number of rotatable bonds is 14. The molecule has 34 heteroatoms. The van der Waals surface area contributed by atoms with E-state index in [1.54, 1.807) is 4.72 Å². The number of alkyl halides is 3. The maximum absolute atomic E-state index is 14.5. The van der Waals surface area contributed by atoms with Gasteiger partial charge in [-0.15, -0.1) is 6.42 Å². The highest BCUT2D eigenvalue weighted by Crippen LogP contribution is 2.38. The number of terminal acetylenes is 1. The predicted molar refractivity (Wildman–Crippen MR) is 293 cm³/mol. The molecule has 2 aliphatic heterocycles. The van der Waals surface area contributed by atoms with Crippen molar-refractivity contribution in [2.75, 3.05) is 69.2 Å². The summed E-state index contributed by atoms with van der Waals surface area (Å²) in [5.74, 6) is 0.621. The predicted octanol–water partition coefficient (Wildman–Crippen LogP) is 5.81. The quantitative estimate of drug-likeness (QED) is 0.0331. The Morgan fingerprint density at radius 1 is 1.06 bits per heavy atom. The lowest BCUT2D eigenvalue weighted by Crippen LogP contribution is -2.39. The first-order valence-electron chi connectivity index (χ1n) is 22.9. The lowest BCUT2D eigenvalue weighted by Gasteiger charge is -2.28. The van der Waals surface area contributed by atoms with E-state index < -0.39 is 78.2 Å². The molecule has 0 bridgehead atoms. The molecule has 0 saturated heterocycles. The van der Waals surface area contributed by atoms with Crippen LogP contribution in [0.5, 0.6) is 17.5 Å². The summed E-state index contributed by atoms with van der Waals surface area (Å²) in [6.45, 7) is 6.08. The van der Waals surface area contributed by atoms with Gasteiger partial charge in [-0.1, -0.05) is 61.2 Å². The Kier molecular flexibility index (Phi) is 25.8. The first-order valence-corrected chi connectivity index (χ1v) is 30.1. The number of nitrogens with one attached hydrogen (secondary N) is 3. The minimum Gasteiger partial charge on any atom is -0.778 e. The number of sulfonamides is 1. The number of carbonyl (C=O) groups excluding carboxylic acids is 2. The van der Waals surface area contributed by atoms with E-state index in [0.29, 0.717) is 27.1 Å². The minimum absolute atomic E-state index is 0.0715. The molecule has 442 valence electrons. The number of aromatic carboxylic acids is 1. The number of aliphatic carboxylic acids is 1. The average Bonchev–Trinajstić information content (AvgIpc) is 4.12. The fourth-order valence-corrected chi connectivity index (χ4v) is 9.43. The summed E-state index contributed by atoms with van der Waals surface area (Å²) in [5, 5.41) is 21.2. The summed E-state index contributed by atoms with van der Waals surface area (Å²) in [6, 6.07) is 9.46. The van der Waals surface area contributed by atoms with Crippen LogP contribution in [0.15, 0.2) is 58.4 Å². The number of benzene rings is 3. The summed E-state index contributed by atoms with van der Waals surface area (Å²) in [7, 11) is -5.51. The van der Waals surface area contributed by atoms with Crippen LogP contribution in [0.2, 0.25) is 10.0 Å². The molecule has 24 nitrogen and oxygen atoms in total. The number of nitrogens with zero attached hydrogens (tertiary/aromatic N) is 7. The number of methoxy groups -OCH3 is 2. The third-order valence-electron chi connectivity index (χ3n) is 9.80. The molecule has 3 amide bonds. The summed E-state index contributed by atoms with van der Waals surface area (Å²) >= 11 is 12.6. The number of hydrogen-bond donors (Lipinski definition) is 6. The molecule has 81 heavy (non-hydrogen) atoms. The third kappa shape index (κ3) is 22.7. The lowest BCUT2D eigenvalue weighted by molar-refractivity contribution is -0.193. The Bertz CT molecular complexity index is 3340. The van der Waals surface area contributed by atoms with E-state index in [1.165, 1.54) is 80.0 Å². The second-order valence-electron chi connectivity index (χ2n) is 17.7. The number of carboxylic acid groups (broad SMARTS) is 2. The van der Waals surface area contributed by atoms with E-state index >= 15 is 0 Å². The molecule has 3 aromatic carbocycles. The van der Waals surface area contributed by atoms with Crippen molar-refractivity contribution in [1.82, 2.24) is 33.9 Å². The maximum atomic E-state index is 14.5. The highest BCUT2D eigenvalue weighted by atomic mass is 35.5. The molecule has 2 aromatic heterocycles. The number of carbonyl (C=O) groups is 4. The van der Waals surface area contributed by atoms with Crippen LogP contribution in [-0.4, -0.2) is 136 Å². The van der Waals surface area contributed by atoms with Gasteiger partial charge in [-0.2, -0.15) is 32.5 Å². The van der Waals surface area contributed by atoms with Crippen molar-refractivity contribution in [3.8, 4) is 29.9 Å². The van der Waals surface area contributed by atoms with Crippen molar-refractivity contribution in [2.45, 2.75) is 57.7 Å². The molecule has 0 fully saturated rings. The van der Waals surface area contributed by atoms with Gasteiger partial charge in [0.05, 0.1) is 73.0 Å².